The number of nitrogens with zero attached hydrogens (tertiary/aromatic N) is 4. The van der Waals surface area contributed by atoms with Crippen molar-refractivity contribution in [1.82, 2.24) is 35.6 Å². The van der Waals surface area contributed by atoms with Gasteiger partial charge in [0.1, 0.15) is 16.6 Å². The number of carboxylic acid groups (broad SMARTS) is 3. The Morgan fingerprint density at radius 2 is 0.746 bits per heavy atom. The van der Waals surface area contributed by atoms with Crippen molar-refractivity contribution < 1.29 is 90.0 Å². The van der Waals surface area contributed by atoms with Crippen molar-refractivity contribution in [3.63, 3.8) is 0 Å². The zero-order valence-electron chi connectivity index (χ0n) is 34.8. The maximum Gasteiger partial charge on any atom is 0.220 e. The van der Waals surface area contributed by atoms with Gasteiger partial charge in [0.15, 0.2) is 0 Å². The van der Waals surface area contributed by atoms with Crippen molar-refractivity contribution in [2.24, 2.45) is 0 Å². The van der Waals surface area contributed by atoms with Crippen LogP contribution >= 0.6 is 0 Å². The fourth-order valence-corrected chi connectivity index (χ4v) is 6.78. The molecular weight excluding hydrogens is 842 g/mol. The van der Waals surface area contributed by atoms with Crippen LogP contribution in [0, 0.1) is 0 Å². The second-order valence-electron chi connectivity index (χ2n) is 15.6. The van der Waals surface area contributed by atoms with Gasteiger partial charge in [-0.3, -0.25) is 34.1 Å². The van der Waals surface area contributed by atoms with Crippen LogP contribution in [0.1, 0.15) is 49.9 Å². The second kappa shape index (κ2) is 26.3. The molecule has 3 amide bonds. The highest BCUT2D eigenvalue weighted by Crippen LogP contribution is 2.19. The molecule has 2 heterocycles. The fourth-order valence-electron chi connectivity index (χ4n) is 6.78. The quantitative estimate of drug-likeness (QED) is 0.0390. The van der Waals surface area contributed by atoms with Crippen LogP contribution < -0.4 is 31.3 Å². The van der Waals surface area contributed by atoms with Gasteiger partial charge in [0.05, 0.1) is 101 Å². The molecule has 0 saturated carbocycles. The summed E-state index contributed by atoms with van der Waals surface area (Å²) in [7, 11) is 0. The summed E-state index contributed by atoms with van der Waals surface area (Å²) in [6, 6.07) is -0.157. The van der Waals surface area contributed by atoms with Crippen LogP contribution in [-0.2, 0) is 41.9 Å². The summed E-state index contributed by atoms with van der Waals surface area (Å²) < 4.78 is 0. The smallest absolute Gasteiger partial charge is 0.220 e. The molecule has 25 heteroatoms. The number of fused-ring (bicyclic) bond motifs is 2. The molecule has 0 aromatic carbocycles. The van der Waals surface area contributed by atoms with Crippen LogP contribution in [0.25, 0.3) is 0 Å². The van der Waals surface area contributed by atoms with Crippen molar-refractivity contribution in [2.75, 3.05) is 85.6 Å². The summed E-state index contributed by atoms with van der Waals surface area (Å²) >= 11 is 0. The number of aliphatic hydroxyl groups is 9. The number of hydrogen-bond donors (Lipinski definition) is 12. The topological polar surface area (TPSA) is 412 Å². The molecule has 0 radical (unpaired) electrons. The number of hydrogen-bond acceptors (Lipinski definition) is 22. The van der Waals surface area contributed by atoms with Gasteiger partial charge in [0, 0.05) is 64.6 Å². The number of aromatic nitrogens is 1. The summed E-state index contributed by atoms with van der Waals surface area (Å²) in [6.07, 6.45) is -2.94. The first-order chi connectivity index (χ1) is 29.9. The minimum atomic E-state index is -1.84. The van der Waals surface area contributed by atoms with Crippen molar-refractivity contribution in [3.05, 3.63) is 29.6 Å². The van der Waals surface area contributed by atoms with Crippen LogP contribution in [0.2, 0.25) is 0 Å². The molecule has 63 heavy (non-hydrogen) atoms. The molecule has 1 aliphatic rings. The van der Waals surface area contributed by atoms with E-state index in [1.54, 1.807) is 6.07 Å². The molecule has 2 rings (SSSR count). The van der Waals surface area contributed by atoms with E-state index in [1.807, 2.05) is 0 Å². The first-order valence-corrected chi connectivity index (χ1v) is 20.1. The monoisotopic (exact) mass is 902 g/mol. The lowest BCUT2D eigenvalue weighted by molar-refractivity contribution is -0.314. The first kappa shape index (κ1) is 54.6. The average molecular weight is 903 g/mol. The van der Waals surface area contributed by atoms with E-state index >= 15 is 0 Å². The van der Waals surface area contributed by atoms with Crippen molar-refractivity contribution in [2.45, 2.75) is 86.4 Å². The number of pyridine rings is 1. The van der Waals surface area contributed by atoms with Gasteiger partial charge in [-0.05, 0) is 31.4 Å². The molecule has 1 aliphatic heterocycles. The lowest BCUT2D eigenvalue weighted by Gasteiger charge is -2.40. The van der Waals surface area contributed by atoms with E-state index in [-0.39, 0.29) is 50.7 Å². The predicted octanol–water partition coefficient (Wildman–Crippen LogP) is -10.8. The number of aliphatic carboxylic acids is 3. The Morgan fingerprint density at radius 3 is 1.00 bits per heavy atom. The van der Waals surface area contributed by atoms with Gasteiger partial charge in [-0.25, -0.2) is 0 Å². The van der Waals surface area contributed by atoms with Crippen LogP contribution in [0.15, 0.2) is 18.2 Å². The summed E-state index contributed by atoms with van der Waals surface area (Å²) in [4.78, 5) is 85.4. The average Bonchev–Trinajstić information content (AvgIpc) is 3.26. The largest absolute Gasteiger partial charge is 0.548 e. The highest BCUT2D eigenvalue weighted by Gasteiger charge is 2.34. The minimum absolute atomic E-state index is 0.237. The zero-order valence-corrected chi connectivity index (χ0v) is 34.8. The molecule has 0 saturated heterocycles. The molecule has 0 aliphatic carbocycles. The molecule has 2 bridgehead atoms. The highest BCUT2D eigenvalue weighted by atomic mass is 16.4. The number of carboxylic acids is 3. The molecule has 358 valence electrons. The molecule has 0 spiro atoms. The number of carbonyl (C=O) groups excluding carboxylic acids is 6. The molecule has 1 aromatic rings. The van der Waals surface area contributed by atoms with Crippen molar-refractivity contribution in [3.8, 4) is 0 Å². The van der Waals surface area contributed by atoms with Crippen LogP contribution in [0.5, 0.6) is 0 Å². The summed E-state index contributed by atoms with van der Waals surface area (Å²) in [5.74, 6) is -7.57. The Hall–Kier alpha value is -4.51. The molecular formula is C38H60N7O18-3. The van der Waals surface area contributed by atoms with Gasteiger partial charge >= 0.3 is 0 Å². The maximum atomic E-state index is 12.9. The van der Waals surface area contributed by atoms with Crippen LogP contribution in [0.3, 0.4) is 0 Å². The normalized spacial score (nSPS) is 16.5. The number of aliphatic hydroxyl groups excluding tert-OH is 9. The Balaban J connectivity index is 2.60. The number of nitrogens with one attached hydrogen (secondary N) is 3. The van der Waals surface area contributed by atoms with Gasteiger partial charge in [0.25, 0.3) is 0 Å². The summed E-state index contributed by atoms with van der Waals surface area (Å²) in [5, 5.41) is 132. The Morgan fingerprint density at radius 1 is 0.492 bits per heavy atom. The number of amides is 3. The second-order valence-corrected chi connectivity index (χ2v) is 15.6. The van der Waals surface area contributed by atoms with Gasteiger partial charge in [-0.2, -0.15) is 0 Å². The van der Waals surface area contributed by atoms with Gasteiger partial charge in [-0.15, -0.1) is 0 Å². The number of carbonyl (C=O) groups is 6. The van der Waals surface area contributed by atoms with E-state index < -0.39 is 168 Å². The SMILES string of the molecule is O=C(CCC(C(=O)[O-])N1CCN(C(CCC(=O)NC(CO)(CO)CO)C(=O)[O-])Cc2cccc(n2)CN(C(CCC(=O)NC(CO)(CO)CO)C(=O)[O-])CC1)NC(CO)(CO)CO. The molecule has 1 aromatic heterocycles. The van der Waals surface area contributed by atoms with Crippen molar-refractivity contribution in [1.29, 1.82) is 0 Å². The van der Waals surface area contributed by atoms with Crippen LogP contribution in [0.4, 0.5) is 0 Å². The van der Waals surface area contributed by atoms with E-state index in [4.69, 9.17) is 0 Å². The van der Waals surface area contributed by atoms with Gasteiger partial charge < -0.3 is 91.6 Å². The van der Waals surface area contributed by atoms with E-state index in [0.717, 1.165) is 0 Å². The Labute approximate surface area is 362 Å². The van der Waals surface area contributed by atoms with E-state index in [1.165, 1.54) is 26.8 Å². The Kier molecular flexibility index (Phi) is 22.8. The fraction of sp³-hybridized carbons (Fsp3) is 0.711. The standard InChI is InChI=1S/C38H63N7O18/c46-16-36(17-47,18-48)40-30(55)7-4-27(33(58)59)43-10-12-44(28(34(60)61)5-8-31(56)41-37(19-49,20-50)21-51)14-25-2-1-3-26(39-25)15-45(13-11-43)29(35(62)63)6-9-32(57)42-38(22-52,23-53)24-54/h1-3,27-29,46-54H,4-24H2,(H,40,55)(H,41,56)(H,42,57)(H,58,59)(H,60,61)(H,62,63)/p-3. The highest BCUT2D eigenvalue weighted by molar-refractivity contribution is 5.80. The lowest BCUT2D eigenvalue weighted by Crippen LogP contribution is -2.58. The third-order valence-corrected chi connectivity index (χ3v) is 11.0. The molecule has 25 nitrogen and oxygen atoms in total. The molecule has 3 unspecified atom stereocenters. The maximum absolute atomic E-state index is 12.9. The third kappa shape index (κ3) is 16.2. The van der Waals surface area contributed by atoms with Crippen LogP contribution in [-0.4, -0.2) is 222 Å². The van der Waals surface area contributed by atoms with Crippen molar-refractivity contribution >= 4 is 35.6 Å². The molecule has 3 atom stereocenters. The van der Waals surface area contributed by atoms with E-state index in [2.05, 4.69) is 20.9 Å². The predicted molar refractivity (Wildman–Crippen MR) is 207 cm³/mol. The summed E-state index contributed by atoms with van der Waals surface area (Å²) in [6.45, 7) is -9.40. The zero-order chi connectivity index (χ0) is 47.4. The molecule has 12 N–H and O–H groups in total. The molecule has 0 fully saturated rings. The number of rotatable bonds is 27. The van der Waals surface area contributed by atoms with Gasteiger partial charge in [0.2, 0.25) is 17.7 Å². The Bertz CT molecular complexity index is 1530. The lowest BCUT2D eigenvalue weighted by atomic mass is 10.0. The van der Waals surface area contributed by atoms with E-state index in [9.17, 15) is 90.0 Å². The first-order valence-electron chi connectivity index (χ1n) is 20.1. The minimum Gasteiger partial charge on any atom is -0.548 e. The summed E-state index contributed by atoms with van der Waals surface area (Å²) in [5.41, 5.74) is -4.98. The third-order valence-electron chi connectivity index (χ3n) is 11.0. The van der Waals surface area contributed by atoms with Gasteiger partial charge in [-0.1, -0.05) is 6.07 Å². The van der Waals surface area contributed by atoms with E-state index in [0.29, 0.717) is 0 Å².